The second-order valence-electron chi connectivity index (χ2n) is 4.14. The van der Waals surface area contributed by atoms with Gasteiger partial charge in [0.15, 0.2) is 5.58 Å². The van der Waals surface area contributed by atoms with Gasteiger partial charge in [0.25, 0.3) is 0 Å². The summed E-state index contributed by atoms with van der Waals surface area (Å²) in [6.45, 7) is 2.00. The molecule has 2 aromatic heterocycles. The minimum absolute atomic E-state index is 0.0268. The molecule has 3 aromatic rings. The van der Waals surface area contributed by atoms with E-state index in [1.165, 1.54) is 0 Å². The molecule has 0 amide bonds. The minimum Gasteiger partial charge on any atom is -0.464 e. The number of hydrogen-bond donors (Lipinski definition) is 1. The van der Waals surface area contributed by atoms with Crippen LogP contribution in [0.5, 0.6) is 0 Å². The summed E-state index contributed by atoms with van der Waals surface area (Å²) in [5, 5.41) is 11.6. The maximum absolute atomic E-state index is 9.35. The van der Waals surface area contributed by atoms with Crippen molar-refractivity contribution in [2.24, 2.45) is 0 Å². The zero-order valence-corrected chi connectivity index (χ0v) is 9.99. The summed E-state index contributed by atoms with van der Waals surface area (Å²) in [5.74, 6) is -0.0268. The summed E-state index contributed by atoms with van der Waals surface area (Å²) in [6.07, 6.45) is 3.20. The first-order chi connectivity index (χ1) is 8.24. The average molecular weight is 251 g/mol. The molecule has 17 heavy (non-hydrogen) atoms. The van der Waals surface area contributed by atoms with Crippen LogP contribution >= 0.6 is 11.6 Å². The van der Waals surface area contributed by atoms with Crippen LogP contribution in [-0.2, 0) is 0 Å². The second-order valence-corrected chi connectivity index (χ2v) is 4.52. The van der Waals surface area contributed by atoms with Gasteiger partial charge in [-0.1, -0.05) is 18.5 Å². The Bertz CT molecular complexity index is 629. The van der Waals surface area contributed by atoms with E-state index < -0.39 is 0 Å². The van der Waals surface area contributed by atoms with E-state index in [-0.39, 0.29) is 12.5 Å². The number of hydrogen-bond acceptors (Lipinski definition) is 3. The maximum atomic E-state index is 9.35. The predicted molar refractivity (Wildman–Crippen MR) is 66.5 cm³/mol. The van der Waals surface area contributed by atoms with Gasteiger partial charge in [0.1, 0.15) is 5.58 Å². The van der Waals surface area contributed by atoms with E-state index in [0.717, 1.165) is 21.9 Å². The molecule has 0 aliphatic carbocycles. The van der Waals surface area contributed by atoms with E-state index >= 15 is 0 Å². The van der Waals surface area contributed by atoms with Gasteiger partial charge in [-0.15, -0.1) is 0 Å². The van der Waals surface area contributed by atoms with Gasteiger partial charge in [-0.05, 0) is 12.1 Å². The number of aliphatic hydroxyl groups is 1. The van der Waals surface area contributed by atoms with Gasteiger partial charge >= 0.3 is 0 Å². The van der Waals surface area contributed by atoms with Gasteiger partial charge in [0.2, 0.25) is 0 Å². The van der Waals surface area contributed by atoms with Gasteiger partial charge in [-0.2, -0.15) is 0 Å². The fraction of sp³-hybridized carbons (Fsp3) is 0.231. The molecule has 0 saturated heterocycles. The Morgan fingerprint density at radius 3 is 2.53 bits per heavy atom. The third-order valence-electron chi connectivity index (χ3n) is 3.07. The quantitative estimate of drug-likeness (QED) is 0.750. The molecular weight excluding hydrogens is 240 g/mol. The van der Waals surface area contributed by atoms with Crippen LogP contribution in [0.2, 0.25) is 5.02 Å². The smallest absolute Gasteiger partial charge is 0.153 e. The lowest BCUT2D eigenvalue weighted by Gasteiger charge is -2.11. The molecule has 0 spiro atoms. The number of fused-ring (bicyclic) bond motifs is 2. The minimum atomic E-state index is -0.0268. The van der Waals surface area contributed by atoms with Crippen molar-refractivity contribution in [3.8, 4) is 0 Å². The molecule has 0 aliphatic heterocycles. The van der Waals surface area contributed by atoms with Crippen LogP contribution in [0, 0.1) is 0 Å². The third-order valence-corrected chi connectivity index (χ3v) is 3.44. The number of furan rings is 2. The molecule has 0 radical (unpaired) electrons. The summed E-state index contributed by atoms with van der Waals surface area (Å²) < 4.78 is 10.9. The van der Waals surface area contributed by atoms with Crippen LogP contribution in [0.3, 0.4) is 0 Å². The Morgan fingerprint density at radius 2 is 1.82 bits per heavy atom. The summed E-state index contributed by atoms with van der Waals surface area (Å²) in [4.78, 5) is 0. The molecule has 1 N–H and O–H groups in total. The number of aliphatic hydroxyl groups excluding tert-OH is 1. The van der Waals surface area contributed by atoms with E-state index in [0.29, 0.717) is 10.6 Å². The highest BCUT2D eigenvalue weighted by Gasteiger charge is 2.20. The van der Waals surface area contributed by atoms with Crippen LogP contribution in [0.25, 0.3) is 21.9 Å². The topological polar surface area (TPSA) is 46.5 Å². The largest absolute Gasteiger partial charge is 0.464 e. The van der Waals surface area contributed by atoms with Crippen molar-refractivity contribution in [1.82, 2.24) is 0 Å². The van der Waals surface area contributed by atoms with Gasteiger partial charge in [0.05, 0.1) is 17.5 Å². The number of benzene rings is 1. The van der Waals surface area contributed by atoms with Gasteiger partial charge in [-0.3, -0.25) is 0 Å². The fourth-order valence-electron chi connectivity index (χ4n) is 2.21. The molecular formula is C13H11ClO3. The van der Waals surface area contributed by atoms with Gasteiger partial charge in [0, 0.05) is 28.9 Å². The standard InChI is InChI=1S/C13H11ClO3/c1-7(6-15)10-8-2-4-17-13(8)11(14)9-3-5-16-12(9)10/h2-5,7,15H,6H2,1H3. The molecule has 3 nitrogen and oxygen atoms in total. The van der Waals surface area contributed by atoms with Crippen molar-refractivity contribution >= 4 is 33.5 Å². The van der Waals surface area contributed by atoms with Crippen molar-refractivity contribution < 1.29 is 13.9 Å². The lowest BCUT2D eigenvalue weighted by atomic mass is 9.96. The lowest BCUT2D eigenvalue weighted by Crippen LogP contribution is -2.00. The monoisotopic (exact) mass is 250 g/mol. The van der Waals surface area contributed by atoms with Gasteiger partial charge < -0.3 is 13.9 Å². The van der Waals surface area contributed by atoms with E-state index in [1.54, 1.807) is 12.5 Å². The first-order valence-electron chi connectivity index (χ1n) is 5.40. The highest BCUT2D eigenvalue weighted by Crippen LogP contribution is 2.40. The highest BCUT2D eigenvalue weighted by molar-refractivity contribution is 6.40. The second kappa shape index (κ2) is 3.79. The molecule has 1 unspecified atom stereocenters. The predicted octanol–water partition coefficient (Wildman–Crippen LogP) is 3.93. The van der Waals surface area contributed by atoms with E-state index in [9.17, 15) is 5.11 Å². The van der Waals surface area contributed by atoms with Crippen LogP contribution in [0.1, 0.15) is 18.4 Å². The third kappa shape index (κ3) is 1.39. The van der Waals surface area contributed by atoms with Crippen LogP contribution in [0.15, 0.2) is 33.5 Å². The van der Waals surface area contributed by atoms with Crippen molar-refractivity contribution in [1.29, 1.82) is 0 Å². The molecule has 1 atom stereocenters. The molecule has 0 bridgehead atoms. The van der Waals surface area contributed by atoms with Gasteiger partial charge in [-0.25, -0.2) is 0 Å². The first kappa shape index (κ1) is 10.7. The van der Waals surface area contributed by atoms with E-state index in [2.05, 4.69) is 0 Å². The van der Waals surface area contributed by atoms with Crippen molar-refractivity contribution in [2.75, 3.05) is 6.61 Å². The number of rotatable bonds is 2. The fourth-order valence-corrected chi connectivity index (χ4v) is 2.50. The molecule has 3 rings (SSSR count). The zero-order valence-electron chi connectivity index (χ0n) is 9.24. The van der Waals surface area contributed by atoms with Crippen molar-refractivity contribution in [2.45, 2.75) is 12.8 Å². The number of halogens is 1. The lowest BCUT2D eigenvalue weighted by molar-refractivity contribution is 0.273. The Hall–Kier alpha value is -1.45. The molecule has 4 heteroatoms. The Balaban J connectivity index is 2.52. The highest BCUT2D eigenvalue weighted by atomic mass is 35.5. The summed E-state index contributed by atoms with van der Waals surface area (Å²) in [7, 11) is 0. The molecule has 88 valence electrons. The SMILES string of the molecule is CC(CO)c1c2ccoc2c(Cl)c2ccoc12. The van der Waals surface area contributed by atoms with Crippen molar-refractivity contribution in [3.63, 3.8) is 0 Å². The average Bonchev–Trinajstić information content (AvgIpc) is 2.96. The summed E-state index contributed by atoms with van der Waals surface area (Å²) >= 11 is 6.26. The zero-order chi connectivity index (χ0) is 12.0. The van der Waals surface area contributed by atoms with E-state index in [1.807, 2.05) is 19.1 Å². The molecule has 1 aromatic carbocycles. The Kier molecular flexibility index (Phi) is 2.38. The van der Waals surface area contributed by atoms with Crippen LogP contribution in [0.4, 0.5) is 0 Å². The summed E-state index contributed by atoms with van der Waals surface area (Å²) in [6, 6.07) is 3.66. The Labute approximate surface area is 103 Å². The molecule has 2 heterocycles. The maximum Gasteiger partial charge on any atom is 0.153 e. The Morgan fingerprint density at radius 1 is 1.18 bits per heavy atom. The van der Waals surface area contributed by atoms with Crippen LogP contribution < -0.4 is 0 Å². The van der Waals surface area contributed by atoms with Crippen molar-refractivity contribution in [3.05, 3.63) is 35.2 Å². The molecule has 0 fully saturated rings. The van der Waals surface area contributed by atoms with E-state index in [4.69, 9.17) is 20.4 Å². The summed E-state index contributed by atoms with van der Waals surface area (Å²) in [5.41, 5.74) is 2.32. The first-order valence-corrected chi connectivity index (χ1v) is 5.78. The normalized spacial score (nSPS) is 13.6. The van der Waals surface area contributed by atoms with Crippen LogP contribution in [-0.4, -0.2) is 11.7 Å². The molecule has 0 saturated carbocycles. The molecule has 0 aliphatic rings.